The van der Waals surface area contributed by atoms with E-state index in [0.717, 1.165) is 28.0 Å². The Hall–Kier alpha value is -3.80. The summed E-state index contributed by atoms with van der Waals surface area (Å²) in [6.45, 7) is -0.215. The fraction of sp³-hybridized carbons (Fsp3) is 0.130. The van der Waals surface area contributed by atoms with Gasteiger partial charge in [0.15, 0.2) is 6.61 Å². The van der Waals surface area contributed by atoms with Crippen LogP contribution >= 0.6 is 0 Å². The van der Waals surface area contributed by atoms with Gasteiger partial charge in [0.25, 0.3) is 5.91 Å². The summed E-state index contributed by atoms with van der Waals surface area (Å²) in [5, 5.41) is 7.02. The van der Waals surface area contributed by atoms with Gasteiger partial charge in [0.05, 0.1) is 14.2 Å². The van der Waals surface area contributed by atoms with E-state index in [-0.39, 0.29) is 12.5 Å². The molecule has 0 heterocycles. The van der Waals surface area contributed by atoms with E-state index < -0.39 is 0 Å². The average molecular weight is 388 g/mol. The molecule has 0 fully saturated rings. The van der Waals surface area contributed by atoms with Crippen LogP contribution in [-0.2, 0) is 9.63 Å². The molecule has 0 aliphatic heterocycles. The van der Waals surface area contributed by atoms with Crippen LogP contribution < -0.4 is 14.8 Å². The number of amides is 1. The molecule has 0 aromatic heterocycles. The number of hydrogen-bond donors (Lipinski definition) is 1. The van der Waals surface area contributed by atoms with Gasteiger partial charge in [-0.05, 0) is 11.1 Å². The minimum absolute atomic E-state index is 0.215. The fourth-order valence-corrected chi connectivity index (χ4v) is 3.32. The number of ether oxygens (including phenoxy) is 2. The summed E-state index contributed by atoms with van der Waals surface area (Å²) in [6.07, 6.45) is 0. The lowest BCUT2D eigenvalue weighted by Gasteiger charge is -2.09. The summed E-state index contributed by atoms with van der Waals surface area (Å²) in [5.41, 5.74) is 5.49. The van der Waals surface area contributed by atoms with Crippen molar-refractivity contribution in [1.82, 2.24) is 0 Å². The fourth-order valence-electron chi connectivity index (χ4n) is 3.32. The Morgan fingerprint density at radius 2 is 1.34 bits per heavy atom. The normalized spacial score (nSPS) is 11.3. The minimum Gasteiger partial charge on any atom is -0.497 e. The monoisotopic (exact) mass is 388 g/mol. The van der Waals surface area contributed by atoms with Gasteiger partial charge >= 0.3 is 0 Å². The van der Waals surface area contributed by atoms with Crippen LogP contribution in [0.15, 0.2) is 71.9 Å². The first kappa shape index (κ1) is 18.6. The first-order chi connectivity index (χ1) is 14.2. The van der Waals surface area contributed by atoms with E-state index in [1.54, 1.807) is 32.4 Å². The summed E-state index contributed by atoms with van der Waals surface area (Å²) in [5.74, 6) is 0.837. The molecule has 0 saturated heterocycles. The number of anilines is 1. The van der Waals surface area contributed by atoms with Crippen LogP contribution in [-0.4, -0.2) is 32.4 Å². The smallest absolute Gasteiger partial charge is 0.265 e. The highest BCUT2D eigenvalue weighted by molar-refractivity contribution is 6.24. The zero-order valence-corrected chi connectivity index (χ0v) is 16.1. The highest BCUT2D eigenvalue weighted by atomic mass is 16.6. The van der Waals surface area contributed by atoms with Crippen molar-refractivity contribution in [2.24, 2.45) is 5.16 Å². The van der Waals surface area contributed by atoms with Crippen LogP contribution in [0, 0.1) is 0 Å². The van der Waals surface area contributed by atoms with Gasteiger partial charge in [0, 0.05) is 35.0 Å². The van der Waals surface area contributed by atoms with E-state index in [2.05, 4.69) is 22.6 Å². The van der Waals surface area contributed by atoms with Crippen LogP contribution in [0.1, 0.15) is 11.1 Å². The second-order valence-corrected chi connectivity index (χ2v) is 6.45. The number of carbonyl (C=O) groups is 1. The van der Waals surface area contributed by atoms with Crippen molar-refractivity contribution >= 4 is 17.3 Å². The molecule has 3 aromatic carbocycles. The number of benzene rings is 3. The van der Waals surface area contributed by atoms with Crippen molar-refractivity contribution < 1.29 is 19.1 Å². The molecule has 0 saturated carbocycles. The van der Waals surface area contributed by atoms with Gasteiger partial charge < -0.3 is 19.6 Å². The lowest BCUT2D eigenvalue weighted by atomic mass is 10.1. The lowest BCUT2D eigenvalue weighted by molar-refractivity contribution is -0.120. The molecule has 1 aliphatic carbocycles. The van der Waals surface area contributed by atoms with Crippen molar-refractivity contribution in [2.75, 3.05) is 26.1 Å². The average Bonchev–Trinajstić information content (AvgIpc) is 3.07. The first-order valence-electron chi connectivity index (χ1n) is 9.11. The SMILES string of the molecule is COc1cc(NC(=O)CON=C2c3ccccc3-c3ccccc32)cc(OC)c1. The van der Waals surface area contributed by atoms with Gasteiger partial charge in [-0.25, -0.2) is 0 Å². The third-order valence-corrected chi connectivity index (χ3v) is 4.64. The van der Waals surface area contributed by atoms with Crippen molar-refractivity contribution in [2.45, 2.75) is 0 Å². The van der Waals surface area contributed by atoms with Crippen LogP contribution in [0.4, 0.5) is 5.69 Å². The second-order valence-electron chi connectivity index (χ2n) is 6.45. The van der Waals surface area contributed by atoms with Crippen LogP contribution in [0.2, 0.25) is 0 Å². The quantitative estimate of drug-likeness (QED) is 0.505. The Morgan fingerprint density at radius 3 is 1.86 bits per heavy atom. The van der Waals surface area contributed by atoms with Gasteiger partial charge in [-0.3, -0.25) is 4.79 Å². The van der Waals surface area contributed by atoms with E-state index in [1.165, 1.54) is 0 Å². The molecule has 146 valence electrons. The third-order valence-electron chi connectivity index (χ3n) is 4.64. The van der Waals surface area contributed by atoms with Crippen LogP contribution in [0.3, 0.4) is 0 Å². The van der Waals surface area contributed by atoms with Gasteiger partial charge in [0.1, 0.15) is 17.2 Å². The molecule has 6 heteroatoms. The summed E-state index contributed by atoms with van der Waals surface area (Å²) in [4.78, 5) is 17.7. The molecule has 4 rings (SSSR count). The number of methoxy groups -OCH3 is 2. The predicted molar refractivity (Wildman–Crippen MR) is 112 cm³/mol. The Labute approximate surface area is 168 Å². The molecule has 3 aromatic rings. The van der Waals surface area contributed by atoms with Crippen molar-refractivity contribution in [3.63, 3.8) is 0 Å². The number of rotatable bonds is 6. The Bertz CT molecular complexity index is 1020. The summed E-state index contributed by atoms with van der Waals surface area (Å²) >= 11 is 0. The maximum absolute atomic E-state index is 12.3. The van der Waals surface area contributed by atoms with Gasteiger partial charge in [-0.15, -0.1) is 0 Å². The van der Waals surface area contributed by atoms with E-state index in [1.807, 2.05) is 36.4 Å². The first-order valence-corrected chi connectivity index (χ1v) is 9.11. The lowest BCUT2D eigenvalue weighted by Crippen LogP contribution is -2.17. The molecule has 0 bridgehead atoms. The van der Waals surface area contributed by atoms with Gasteiger partial charge in [0.2, 0.25) is 0 Å². The summed E-state index contributed by atoms with van der Waals surface area (Å²) in [7, 11) is 3.10. The highest BCUT2D eigenvalue weighted by Crippen LogP contribution is 2.36. The molecule has 0 radical (unpaired) electrons. The van der Waals surface area contributed by atoms with Gasteiger partial charge in [-0.1, -0.05) is 53.7 Å². The number of nitrogens with one attached hydrogen (secondary N) is 1. The third kappa shape index (κ3) is 3.78. The molecule has 29 heavy (non-hydrogen) atoms. The van der Waals surface area contributed by atoms with Crippen LogP contribution in [0.5, 0.6) is 11.5 Å². The maximum atomic E-state index is 12.3. The molecular formula is C23H20N2O4. The molecule has 0 spiro atoms. The number of hydrogen-bond acceptors (Lipinski definition) is 5. The number of nitrogens with zero attached hydrogens (tertiary/aromatic N) is 1. The number of fused-ring (bicyclic) bond motifs is 3. The molecule has 0 atom stereocenters. The molecular weight excluding hydrogens is 368 g/mol. The highest BCUT2D eigenvalue weighted by Gasteiger charge is 2.24. The second kappa shape index (κ2) is 8.06. The van der Waals surface area contributed by atoms with E-state index >= 15 is 0 Å². The molecule has 6 nitrogen and oxygen atoms in total. The van der Waals surface area contributed by atoms with E-state index in [0.29, 0.717) is 17.2 Å². The Morgan fingerprint density at radius 1 is 0.828 bits per heavy atom. The summed E-state index contributed by atoms with van der Waals surface area (Å²) in [6, 6.07) is 21.2. The van der Waals surface area contributed by atoms with Crippen molar-refractivity contribution in [3.8, 4) is 22.6 Å². The molecule has 1 amide bonds. The Kier molecular flexibility index (Phi) is 5.16. The largest absolute Gasteiger partial charge is 0.497 e. The van der Waals surface area contributed by atoms with Crippen molar-refractivity contribution in [3.05, 3.63) is 77.9 Å². The summed E-state index contributed by atoms with van der Waals surface area (Å²) < 4.78 is 10.4. The number of oxime groups is 1. The van der Waals surface area contributed by atoms with Gasteiger partial charge in [-0.2, -0.15) is 0 Å². The molecule has 1 aliphatic rings. The standard InChI is InChI=1S/C23H20N2O4/c1-27-16-11-15(12-17(13-16)28-2)24-22(26)14-29-25-23-20-9-5-3-7-18(20)19-8-4-6-10-21(19)23/h3-13H,14H2,1-2H3,(H,24,26). The van der Waals surface area contributed by atoms with E-state index in [9.17, 15) is 4.79 Å². The molecule has 1 N–H and O–H groups in total. The zero-order chi connectivity index (χ0) is 20.2. The maximum Gasteiger partial charge on any atom is 0.265 e. The van der Waals surface area contributed by atoms with Crippen LogP contribution in [0.25, 0.3) is 11.1 Å². The van der Waals surface area contributed by atoms with E-state index in [4.69, 9.17) is 14.3 Å². The zero-order valence-electron chi connectivity index (χ0n) is 16.1. The topological polar surface area (TPSA) is 69.2 Å². The Balaban J connectivity index is 1.48. The molecule has 0 unspecified atom stereocenters. The predicted octanol–water partition coefficient (Wildman–Crippen LogP) is 4.09. The minimum atomic E-state index is -0.329. The number of carbonyl (C=O) groups excluding carboxylic acids is 1. The van der Waals surface area contributed by atoms with Crippen molar-refractivity contribution in [1.29, 1.82) is 0 Å².